The van der Waals surface area contributed by atoms with Gasteiger partial charge in [-0.3, -0.25) is 0 Å². The minimum Gasteiger partial charge on any atom is -0.341 e. The molecule has 6 heteroatoms. The van der Waals surface area contributed by atoms with Crippen LogP contribution in [0.5, 0.6) is 0 Å². The molecular formula is C13H22ClN5. The molecule has 1 aliphatic rings. The summed E-state index contributed by atoms with van der Waals surface area (Å²) in [5.41, 5.74) is 0. The van der Waals surface area contributed by atoms with E-state index in [1.165, 1.54) is 12.8 Å². The van der Waals surface area contributed by atoms with Crippen LogP contribution in [-0.4, -0.2) is 41.1 Å². The third kappa shape index (κ3) is 3.26. The summed E-state index contributed by atoms with van der Waals surface area (Å²) in [6.45, 7) is 10.2. The van der Waals surface area contributed by atoms with Crippen LogP contribution in [0.2, 0.25) is 5.28 Å². The summed E-state index contributed by atoms with van der Waals surface area (Å²) >= 11 is 6.04. The van der Waals surface area contributed by atoms with E-state index < -0.39 is 0 Å². The maximum atomic E-state index is 6.04. The molecule has 106 valence electrons. The van der Waals surface area contributed by atoms with Gasteiger partial charge in [0.2, 0.25) is 17.2 Å². The van der Waals surface area contributed by atoms with E-state index in [4.69, 9.17) is 11.6 Å². The molecule has 1 aromatic rings. The minimum atomic E-state index is 0.284. The Morgan fingerprint density at radius 1 is 1.21 bits per heavy atom. The van der Waals surface area contributed by atoms with Gasteiger partial charge in [-0.25, -0.2) is 0 Å². The second-order valence-electron chi connectivity index (χ2n) is 4.89. The first kappa shape index (κ1) is 14.3. The van der Waals surface area contributed by atoms with E-state index >= 15 is 0 Å². The molecule has 0 radical (unpaired) electrons. The average Bonchev–Trinajstić information content (AvgIpc) is 2.88. The second kappa shape index (κ2) is 6.37. The van der Waals surface area contributed by atoms with Gasteiger partial charge < -0.3 is 9.80 Å². The van der Waals surface area contributed by atoms with Gasteiger partial charge in [-0.05, 0) is 37.8 Å². The molecule has 1 atom stereocenters. The molecule has 2 heterocycles. The number of halogens is 1. The number of hydrogen-bond acceptors (Lipinski definition) is 5. The molecule has 0 aromatic carbocycles. The number of nitrogens with zero attached hydrogens (tertiary/aromatic N) is 5. The Bertz CT molecular complexity index is 421. The predicted octanol–water partition coefficient (Wildman–Crippen LogP) is 2.61. The first-order valence-electron chi connectivity index (χ1n) is 7.09. The lowest BCUT2D eigenvalue weighted by Crippen LogP contribution is -2.27. The maximum absolute atomic E-state index is 6.04. The Hall–Kier alpha value is -1.10. The minimum absolute atomic E-state index is 0.284. The molecular weight excluding hydrogens is 262 g/mol. The molecule has 0 aliphatic carbocycles. The summed E-state index contributed by atoms with van der Waals surface area (Å²) in [7, 11) is 0. The normalized spacial score (nSPS) is 18.9. The van der Waals surface area contributed by atoms with Crippen molar-refractivity contribution in [1.29, 1.82) is 0 Å². The number of aromatic nitrogens is 3. The molecule has 1 saturated heterocycles. The smallest absolute Gasteiger partial charge is 0.231 e. The molecule has 1 fully saturated rings. The van der Waals surface area contributed by atoms with E-state index in [9.17, 15) is 0 Å². The van der Waals surface area contributed by atoms with Crippen molar-refractivity contribution >= 4 is 23.5 Å². The lowest BCUT2D eigenvalue weighted by molar-refractivity contribution is 0.568. The quantitative estimate of drug-likeness (QED) is 0.831. The van der Waals surface area contributed by atoms with Crippen LogP contribution in [0.1, 0.15) is 33.6 Å². The lowest BCUT2D eigenvalue weighted by Gasteiger charge is -2.21. The summed E-state index contributed by atoms with van der Waals surface area (Å²) in [4.78, 5) is 17.4. The van der Waals surface area contributed by atoms with Crippen LogP contribution >= 0.6 is 11.6 Å². The number of hydrogen-bond donors (Lipinski definition) is 0. The van der Waals surface area contributed by atoms with Crippen molar-refractivity contribution in [2.24, 2.45) is 5.92 Å². The van der Waals surface area contributed by atoms with E-state index in [-0.39, 0.29) is 5.28 Å². The average molecular weight is 284 g/mol. The Morgan fingerprint density at radius 2 is 1.95 bits per heavy atom. The van der Waals surface area contributed by atoms with Crippen LogP contribution in [-0.2, 0) is 0 Å². The van der Waals surface area contributed by atoms with Crippen LogP contribution in [0.3, 0.4) is 0 Å². The highest BCUT2D eigenvalue weighted by Gasteiger charge is 2.24. The summed E-state index contributed by atoms with van der Waals surface area (Å²) in [6, 6.07) is 0. The van der Waals surface area contributed by atoms with Gasteiger partial charge in [0.1, 0.15) is 0 Å². The Kier molecular flexibility index (Phi) is 4.80. The second-order valence-corrected chi connectivity index (χ2v) is 5.22. The van der Waals surface area contributed by atoms with Crippen molar-refractivity contribution in [3.63, 3.8) is 0 Å². The molecule has 0 spiro atoms. The van der Waals surface area contributed by atoms with Crippen molar-refractivity contribution in [2.75, 3.05) is 36.0 Å². The molecule has 5 nitrogen and oxygen atoms in total. The van der Waals surface area contributed by atoms with Gasteiger partial charge in [-0.15, -0.1) is 0 Å². The van der Waals surface area contributed by atoms with Crippen LogP contribution in [0, 0.1) is 5.92 Å². The molecule has 1 unspecified atom stereocenters. The monoisotopic (exact) mass is 283 g/mol. The van der Waals surface area contributed by atoms with Gasteiger partial charge in [0.05, 0.1) is 0 Å². The van der Waals surface area contributed by atoms with Gasteiger partial charge >= 0.3 is 0 Å². The van der Waals surface area contributed by atoms with Crippen LogP contribution in [0.15, 0.2) is 0 Å². The van der Waals surface area contributed by atoms with Crippen LogP contribution < -0.4 is 9.80 Å². The SMILES string of the molecule is CCC1CCN(c2nc(Cl)nc(N(CC)CC)n2)C1. The van der Waals surface area contributed by atoms with Gasteiger partial charge in [-0.2, -0.15) is 15.0 Å². The zero-order chi connectivity index (χ0) is 13.8. The summed E-state index contributed by atoms with van der Waals surface area (Å²) in [5, 5.41) is 0.284. The van der Waals surface area contributed by atoms with Gasteiger partial charge in [0.25, 0.3) is 0 Å². The van der Waals surface area contributed by atoms with Crippen LogP contribution in [0.4, 0.5) is 11.9 Å². The zero-order valence-corrected chi connectivity index (χ0v) is 12.7. The summed E-state index contributed by atoms with van der Waals surface area (Å²) in [5.74, 6) is 2.14. The Balaban J connectivity index is 2.22. The van der Waals surface area contributed by atoms with E-state index in [0.29, 0.717) is 5.95 Å². The number of anilines is 2. The fourth-order valence-electron chi connectivity index (χ4n) is 2.47. The van der Waals surface area contributed by atoms with Crippen molar-refractivity contribution in [3.05, 3.63) is 5.28 Å². The third-order valence-electron chi connectivity index (χ3n) is 3.78. The van der Waals surface area contributed by atoms with Gasteiger partial charge in [-0.1, -0.05) is 13.3 Å². The van der Waals surface area contributed by atoms with Gasteiger partial charge in [0.15, 0.2) is 0 Å². The first-order chi connectivity index (χ1) is 9.17. The van der Waals surface area contributed by atoms with E-state index in [0.717, 1.165) is 38.0 Å². The molecule has 0 saturated carbocycles. The third-order valence-corrected chi connectivity index (χ3v) is 3.95. The number of rotatable bonds is 5. The highest BCUT2D eigenvalue weighted by atomic mass is 35.5. The lowest BCUT2D eigenvalue weighted by atomic mass is 10.1. The largest absolute Gasteiger partial charge is 0.341 e. The maximum Gasteiger partial charge on any atom is 0.231 e. The van der Waals surface area contributed by atoms with Crippen molar-refractivity contribution in [2.45, 2.75) is 33.6 Å². The zero-order valence-electron chi connectivity index (χ0n) is 11.9. The standard InChI is InChI=1S/C13H22ClN5/c1-4-10-7-8-19(9-10)13-16-11(14)15-12(17-13)18(5-2)6-3/h10H,4-9H2,1-3H3. The molecule has 2 rings (SSSR count). The van der Waals surface area contributed by atoms with Gasteiger partial charge in [0, 0.05) is 26.2 Å². The molecule has 1 aliphatic heterocycles. The molecule has 0 bridgehead atoms. The molecule has 0 N–H and O–H groups in total. The topological polar surface area (TPSA) is 45.2 Å². The Morgan fingerprint density at radius 3 is 2.53 bits per heavy atom. The van der Waals surface area contributed by atoms with E-state index in [2.05, 4.69) is 45.5 Å². The fraction of sp³-hybridized carbons (Fsp3) is 0.769. The van der Waals surface area contributed by atoms with Crippen molar-refractivity contribution in [1.82, 2.24) is 15.0 Å². The van der Waals surface area contributed by atoms with Crippen molar-refractivity contribution < 1.29 is 0 Å². The molecule has 0 amide bonds. The van der Waals surface area contributed by atoms with Crippen molar-refractivity contribution in [3.8, 4) is 0 Å². The van der Waals surface area contributed by atoms with E-state index in [1.54, 1.807) is 0 Å². The molecule has 1 aromatic heterocycles. The first-order valence-corrected chi connectivity index (χ1v) is 7.47. The Labute approximate surface area is 120 Å². The predicted molar refractivity (Wildman–Crippen MR) is 79.0 cm³/mol. The fourth-order valence-corrected chi connectivity index (χ4v) is 2.62. The van der Waals surface area contributed by atoms with Crippen LogP contribution in [0.25, 0.3) is 0 Å². The summed E-state index contributed by atoms with van der Waals surface area (Å²) in [6.07, 6.45) is 2.42. The summed E-state index contributed by atoms with van der Waals surface area (Å²) < 4.78 is 0. The highest BCUT2D eigenvalue weighted by molar-refractivity contribution is 6.28. The molecule has 19 heavy (non-hydrogen) atoms. The van der Waals surface area contributed by atoms with E-state index in [1.807, 2.05) is 0 Å². The highest BCUT2D eigenvalue weighted by Crippen LogP contribution is 2.24.